The first-order valence-corrected chi connectivity index (χ1v) is 11.9. The number of esters is 1. The van der Waals surface area contributed by atoms with Crippen LogP contribution in [0.3, 0.4) is 0 Å². The summed E-state index contributed by atoms with van der Waals surface area (Å²) in [6, 6.07) is -1.19. The van der Waals surface area contributed by atoms with Gasteiger partial charge in [0, 0.05) is 19.0 Å². The Balaban J connectivity index is 2.10. The van der Waals surface area contributed by atoms with Gasteiger partial charge in [0.2, 0.25) is 11.8 Å². The predicted molar refractivity (Wildman–Crippen MR) is 122 cm³/mol. The fourth-order valence-electron chi connectivity index (χ4n) is 3.53. The Kier molecular flexibility index (Phi) is 10.2. The third-order valence-corrected chi connectivity index (χ3v) is 5.69. The summed E-state index contributed by atoms with van der Waals surface area (Å²) in [4.78, 5) is 62.0. The number of carboxylic acid groups (broad SMARTS) is 1. The zero-order chi connectivity index (χ0) is 26.1. The third-order valence-electron chi connectivity index (χ3n) is 5.16. The SMILES string of the molecule is COC(=O)[C@H](CCC(=O)O)NC(=O)[C@H]1C[C@H](NC(=O)Nc2ccc(F)cc2F)CN1C(=O)CSC. The van der Waals surface area contributed by atoms with Crippen LogP contribution < -0.4 is 16.0 Å². The molecule has 0 bridgehead atoms. The lowest BCUT2D eigenvalue weighted by atomic mass is 10.1. The molecule has 1 fully saturated rings. The number of anilines is 1. The Morgan fingerprint density at radius 3 is 2.57 bits per heavy atom. The number of rotatable bonds is 10. The number of halogens is 2. The van der Waals surface area contributed by atoms with E-state index in [2.05, 4.69) is 20.7 Å². The van der Waals surface area contributed by atoms with Crippen molar-refractivity contribution in [1.29, 1.82) is 0 Å². The normalized spacial score (nSPS) is 17.9. The van der Waals surface area contributed by atoms with Crippen molar-refractivity contribution in [3.8, 4) is 0 Å². The van der Waals surface area contributed by atoms with Crippen molar-refractivity contribution in [3.05, 3.63) is 29.8 Å². The van der Waals surface area contributed by atoms with E-state index < -0.39 is 60.1 Å². The minimum atomic E-state index is -1.24. The molecule has 11 nitrogen and oxygen atoms in total. The number of benzene rings is 1. The van der Waals surface area contributed by atoms with E-state index in [1.807, 2.05) is 0 Å². The molecule has 1 aliphatic heterocycles. The summed E-state index contributed by atoms with van der Waals surface area (Å²) in [5.41, 5.74) is -0.258. The molecule has 4 amide bonds. The number of ether oxygens (including phenoxy) is 1. The number of amides is 4. The van der Waals surface area contributed by atoms with Crippen LogP contribution in [0.2, 0.25) is 0 Å². The van der Waals surface area contributed by atoms with Crippen LogP contribution in [-0.4, -0.2) is 83.6 Å². The maximum atomic E-state index is 13.8. The molecule has 0 saturated carbocycles. The Morgan fingerprint density at radius 1 is 1.26 bits per heavy atom. The van der Waals surface area contributed by atoms with Crippen molar-refractivity contribution in [2.75, 3.05) is 31.0 Å². The van der Waals surface area contributed by atoms with Crippen molar-refractivity contribution in [2.45, 2.75) is 37.4 Å². The predicted octanol–water partition coefficient (Wildman–Crippen LogP) is 0.941. The van der Waals surface area contributed by atoms with Crippen LogP contribution >= 0.6 is 11.8 Å². The summed E-state index contributed by atoms with van der Waals surface area (Å²) in [6.45, 7) is -0.0329. The van der Waals surface area contributed by atoms with Gasteiger partial charge in [0.15, 0.2) is 0 Å². The molecule has 2 rings (SSSR count). The van der Waals surface area contributed by atoms with Gasteiger partial charge < -0.3 is 30.7 Å². The number of nitrogens with zero attached hydrogens (tertiary/aromatic N) is 1. The number of hydrogen-bond acceptors (Lipinski definition) is 7. The number of aliphatic carboxylic acids is 1. The van der Waals surface area contributed by atoms with E-state index in [-0.39, 0.29) is 36.7 Å². The van der Waals surface area contributed by atoms with Gasteiger partial charge in [-0.05, 0) is 31.2 Å². The number of carboxylic acids is 1. The molecule has 0 spiro atoms. The summed E-state index contributed by atoms with van der Waals surface area (Å²) >= 11 is 1.23. The average Bonchev–Trinajstić information content (AvgIpc) is 3.21. The molecule has 1 aromatic rings. The second-order valence-electron chi connectivity index (χ2n) is 7.67. The number of thioether (sulfide) groups is 1. The van der Waals surface area contributed by atoms with E-state index in [4.69, 9.17) is 5.11 Å². The number of carbonyl (C=O) groups is 5. The molecule has 0 unspecified atom stereocenters. The van der Waals surface area contributed by atoms with Crippen LogP contribution in [0, 0.1) is 11.6 Å². The molecule has 1 aliphatic rings. The average molecular weight is 517 g/mol. The molecule has 0 radical (unpaired) electrons. The fourth-order valence-corrected chi connectivity index (χ4v) is 3.95. The van der Waals surface area contributed by atoms with E-state index in [9.17, 15) is 32.8 Å². The lowest BCUT2D eigenvalue weighted by Gasteiger charge is -2.25. The quantitative estimate of drug-likeness (QED) is 0.335. The second-order valence-corrected chi connectivity index (χ2v) is 8.53. The van der Waals surface area contributed by atoms with Crippen molar-refractivity contribution in [3.63, 3.8) is 0 Å². The highest BCUT2D eigenvalue weighted by Crippen LogP contribution is 2.21. The molecule has 3 atom stereocenters. The van der Waals surface area contributed by atoms with Gasteiger partial charge in [-0.15, -0.1) is 0 Å². The number of methoxy groups -OCH3 is 1. The molecule has 1 heterocycles. The van der Waals surface area contributed by atoms with Crippen molar-refractivity contribution in [1.82, 2.24) is 15.5 Å². The van der Waals surface area contributed by atoms with E-state index in [1.165, 1.54) is 16.7 Å². The molecule has 1 saturated heterocycles. The topological polar surface area (TPSA) is 154 Å². The van der Waals surface area contributed by atoms with Crippen LogP contribution in [-0.2, 0) is 23.9 Å². The van der Waals surface area contributed by atoms with Crippen LogP contribution in [0.25, 0.3) is 0 Å². The van der Waals surface area contributed by atoms with Gasteiger partial charge >= 0.3 is 18.0 Å². The molecule has 14 heteroatoms. The minimum Gasteiger partial charge on any atom is -0.481 e. The lowest BCUT2D eigenvalue weighted by molar-refractivity contribution is -0.147. The zero-order valence-electron chi connectivity index (χ0n) is 19.0. The van der Waals surface area contributed by atoms with Gasteiger partial charge in [0.1, 0.15) is 23.7 Å². The first-order valence-electron chi connectivity index (χ1n) is 10.5. The van der Waals surface area contributed by atoms with Crippen molar-refractivity contribution in [2.24, 2.45) is 0 Å². The molecule has 1 aromatic carbocycles. The number of nitrogens with one attached hydrogen (secondary N) is 3. The lowest BCUT2D eigenvalue weighted by Crippen LogP contribution is -2.51. The van der Waals surface area contributed by atoms with Crippen molar-refractivity contribution < 1.29 is 42.6 Å². The Labute approximate surface area is 203 Å². The summed E-state index contributed by atoms with van der Waals surface area (Å²) in [7, 11) is 1.09. The van der Waals surface area contributed by atoms with Gasteiger partial charge in [-0.2, -0.15) is 11.8 Å². The molecule has 192 valence electrons. The minimum absolute atomic E-state index is 0.0158. The fraction of sp³-hybridized carbons (Fsp3) is 0.476. The van der Waals surface area contributed by atoms with E-state index in [0.29, 0.717) is 6.07 Å². The van der Waals surface area contributed by atoms with Gasteiger partial charge in [-0.1, -0.05) is 0 Å². The Bertz CT molecular complexity index is 981. The smallest absolute Gasteiger partial charge is 0.328 e. The van der Waals surface area contributed by atoms with Crippen molar-refractivity contribution >= 4 is 47.2 Å². The highest BCUT2D eigenvalue weighted by Gasteiger charge is 2.41. The van der Waals surface area contributed by atoms with E-state index >= 15 is 0 Å². The van der Waals surface area contributed by atoms with Crippen LogP contribution in [0.4, 0.5) is 19.3 Å². The monoisotopic (exact) mass is 516 g/mol. The van der Waals surface area contributed by atoms with E-state index in [0.717, 1.165) is 19.2 Å². The molecular weight excluding hydrogens is 490 g/mol. The molecule has 0 aliphatic carbocycles. The van der Waals surface area contributed by atoms with E-state index in [1.54, 1.807) is 6.26 Å². The van der Waals surface area contributed by atoms with Crippen LogP contribution in [0.5, 0.6) is 0 Å². The zero-order valence-corrected chi connectivity index (χ0v) is 19.8. The second kappa shape index (κ2) is 12.9. The standard InChI is InChI=1S/C21H26F2N4O7S/c1-34-20(32)15(5-6-18(29)30)25-19(31)16-8-12(9-27(16)17(28)10-35-2)24-21(33)26-14-4-3-11(22)7-13(14)23/h3-4,7,12,15-16H,5-6,8-10H2,1-2H3,(H,25,31)(H,29,30)(H2,24,26,33)/t12-,15-,16+/m0/s1. The highest BCUT2D eigenvalue weighted by atomic mass is 32.2. The maximum absolute atomic E-state index is 13.8. The maximum Gasteiger partial charge on any atom is 0.328 e. The van der Waals surface area contributed by atoms with Gasteiger partial charge in [0.25, 0.3) is 0 Å². The molecular formula is C21H26F2N4O7S. The number of hydrogen-bond donors (Lipinski definition) is 4. The third kappa shape index (κ3) is 8.09. The van der Waals surface area contributed by atoms with Crippen LogP contribution in [0.15, 0.2) is 18.2 Å². The number of carbonyl (C=O) groups excluding carboxylic acids is 4. The Hall–Kier alpha value is -3.42. The summed E-state index contributed by atoms with van der Waals surface area (Å²) in [6.07, 6.45) is 1.07. The first kappa shape index (κ1) is 27.8. The summed E-state index contributed by atoms with van der Waals surface area (Å²) < 4.78 is 31.5. The van der Waals surface area contributed by atoms with Crippen LogP contribution in [0.1, 0.15) is 19.3 Å². The Morgan fingerprint density at radius 2 is 1.97 bits per heavy atom. The van der Waals surface area contributed by atoms with Gasteiger partial charge in [-0.25, -0.2) is 18.4 Å². The first-order chi connectivity index (χ1) is 16.5. The van der Waals surface area contributed by atoms with Gasteiger partial charge in [0.05, 0.1) is 24.6 Å². The number of urea groups is 1. The molecule has 35 heavy (non-hydrogen) atoms. The highest BCUT2D eigenvalue weighted by molar-refractivity contribution is 7.99. The number of likely N-dealkylation sites (tertiary alicyclic amines) is 1. The summed E-state index contributed by atoms with van der Waals surface area (Å²) in [5.74, 6) is -4.83. The summed E-state index contributed by atoms with van der Waals surface area (Å²) in [5, 5.41) is 16.1. The molecule has 0 aromatic heterocycles. The largest absolute Gasteiger partial charge is 0.481 e. The van der Waals surface area contributed by atoms with Gasteiger partial charge in [-0.3, -0.25) is 14.4 Å². The molecule has 4 N–H and O–H groups in total.